The molecule has 2 aromatic rings. The Labute approximate surface area is 171 Å². The molecule has 1 amide bonds. The van der Waals surface area contributed by atoms with Gasteiger partial charge in [0.25, 0.3) is 0 Å². The number of carbonyl (C=O) groups is 1. The number of nitrogens with zero attached hydrogens (tertiary/aromatic N) is 1. The van der Waals surface area contributed by atoms with Crippen LogP contribution in [0.3, 0.4) is 0 Å². The summed E-state index contributed by atoms with van der Waals surface area (Å²) in [6.07, 6.45) is 0. The quantitative estimate of drug-likeness (QED) is 0.666. The Balaban J connectivity index is 2.11. The number of sulfonamides is 1. The predicted octanol–water partition coefficient (Wildman–Crippen LogP) is 2.21. The molecule has 1 N–H and O–H groups in total. The van der Waals surface area contributed by atoms with E-state index in [1.54, 1.807) is 25.3 Å². The summed E-state index contributed by atoms with van der Waals surface area (Å²) in [5.41, 5.74) is 0.874. The van der Waals surface area contributed by atoms with E-state index in [0.717, 1.165) is 9.87 Å². The molecule has 0 radical (unpaired) electrons. The van der Waals surface area contributed by atoms with Gasteiger partial charge in [-0.2, -0.15) is 4.31 Å². The smallest absolute Gasteiger partial charge is 0.247 e. The van der Waals surface area contributed by atoms with Gasteiger partial charge in [-0.1, -0.05) is 12.1 Å². The molecule has 0 aliphatic carbocycles. The fourth-order valence-electron chi connectivity index (χ4n) is 2.70. The summed E-state index contributed by atoms with van der Waals surface area (Å²) in [5.74, 6) is 0.826. The van der Waals surface area contributed by atoms with Gasteiger partial charge in [-0.05, 0) is 36.8 Å². The Kier molecular flexibility index (Phi) is 7.46. The van der Waals surface area contributed by atoms with Gasteiger partial charge >= 0.3 is 0 Å². The number of rotatable bonds is 9. The number of amides is 1. The van der Waals surface area contributed by atoms with Crippen LogP contribution in [0.5, 0.6) is 17.2 Å². The molecule has 29 heavy (non-hydrogen) atoms. The van der Waals surface area contributed by atoms with Crippen LogP contribution < -0.4 is 19.5 Å². The molecule has 0 aliphatic heterocycles. The second-order valence-corrected chi connectivity index (χ2v) is 8.35. The highest BCUT2D eigenvalue weighted by molar-refractivity contribution is 7.89. The number of hydrogen-bond acceptors (Lipinski definition) is 6. The van der Waals surface area contributed by atoms with E-state index in [9.17, 15) is 13.2 Å². The van der Waals surface area contributed by atoms with E-state index < -0.39 is 15.9 Å². The molecule has 0 unspecified atom stereocenters. The van der Waals surface area contributed by atoms with Crippen LogP contribution in [0.4, 0.5) is 0 Å². The van der Waals surface area contributed by atoms with E-state index in [-0.39, 0.29) is 23.2 Å². The third kappa shape index (κ3) is 5.39. The topological polar surface area (TPSA) is 94.2 Å². The van der Waals surface area contributed by atoms with E-state index >= 15 is 0 Å². The van der Waals surface area contributed by atoms with Gasteiger partial charge in [-0.15, -0.1) is 0 Å². The van der Waals surface area contributed by atoms with Gasteiger partial charge in [0.15, 0.2) is 0 Å². The van der Waals surface area contributed by atoms with E-state index in [4.69, 9.17) is 14.2 Å². The molecule has 0 aromatic heterocycles. The third-order valence-electron chi connectivity index (χ3n) is 4.42. The standard InChI is InChI=1S/C20H26N2O6S/c1-14(15-6-8-16(26-3)9-7-15)21-20(23)13-22(2)29(24,25)19-12-17(27-4)10-11-18(19)28-5/h6-12,14H,13H2,1-5H3,(H,21,23)/t14-/m1/s1. The van der Waals surface area contributed by atoms with Crippen LogP contribution in [-0.4, -0.2) is 53.6 Å². The summed E-state index contributed by atoms with van der Waals surface area (Å²) < 4.78 is 42.2. The molecular weight excluding hydrogens is 396 g/mol. The summed E-state index contributed by atoms with van der Waals surface area (Å²) >= 11 is 0. The maximum absolute atomic E-state index is 12.9. The van der Waals surface area contributed by atoms with Gasteiger partial charge in [-0.25, -0.2) is 8.42 Å². The molecule has 0 heterocycles. The van der Waals surface area contributed by atoms with Crippen LogP contribution in [0.1, 0.15) is 18.5 Å². The van der Waals surface area contributed by atoms with Crippen molar-refractivity contribution in [1.29, 1.82) is 0 Å². The average Bonchev–Trinajstić information content (AvgIpc) is 2.72. The van der Waals surface area contributed by atoms with Gasteiger partial charge in [0, 0.05) is 13.1 Å². The first kappa shape index (κ1) is 22.5. The Bertz CT molecular complexity index is 944. The molecule has 8 nitrogen and oxygen atoms in total. The average molecular weight is 423 g/mol. The Hall–Kier alpha value is -2.78. The lowest BCUT2D eigenvalue weighted by Gasteiger charge is -2.21. The van der Waals surface area contributed by atoms with E-state index in [1.165, 1.54) is 33.4 Å². The SMILES string of the molecule is COc1ccc([C@@H](C)NC(=O)CN(C)S(=O)(=O)c2cc(OC)ccc2OC)cc1. The van der Waals surface area contributed by atoms with Gasteiger partial charge < -0.3 is 19.5 Å². The normalized spacial score (nSPS) is 12.3. The number of benzene rings is 2. The fraction of sp³-hybridized carbons (Fsp3) is 0.350. The van der Waals surface area contributed by atoms with Gasteiger partial charge in [0.2, 0.25) is 15.9 Å². The first-order valence-electron chi connectivity index (χ1n) is 8.84. The second-order valence-electron chi connectivity index (χ2n) is 6.34. The van der Waals surface area contributed by atoms with Crippen molar-refractivity contribution in [2.45, 2.75) is 17.9 Å². The van der Waals surface area contributed by atoms with E-state index in [2.05, 4.69) is 5.32 Å². The zero-order valence-electron chi connectivity index (χ0n) is 17.1. The van der Waals surface area contributed by atoms with Crippen LogP contribution >= 0.6 is 0 Å². The molecule has 0 saturated carbocycles. The molecule has 1 atom stereocenters. The maximum Gasteiger partial charge on any atom is 0.247 e. The van der Waals surface area contributed by atoms with Crippen molar-refractivity contribution in [3.63, 3.8) is 0 Å². The Morgan fingerprint density at radius 1 is 1.00 bits per heavy atom. The molecule has 2 rings (SSSR count). The van der Waals surface area contributed by atoms with Crippen molar-refractivity contribution in [2.75, 3.05) is 34.9 Å². The second kappa shape index (κ2) is 9.62. The molecule has 0 bridgehead atoms. The highest BCUT2D eigenvalue weighted by Crippen LogP contribution is 2.30. The molecule has 0 fully saturated rings. The van der Waals surface area contributed by atoms with Crippen molar-refractivity contribution in [3.8, 4) is 17.2 Å². The molecule has 0 aliphatic rings. The van der Waals surface area contributed by atoms with Crippen LogP contribution in [0, 0.1) is 0 Å². The molecule has 0 saturated heterocycles. The van der Waals surface area contributed by atoms with Crippen LogP contribution in [0.2, 0.25) is 0 Å². The van der Waals surface area contributed by atoms with Crippen molar-refractivity contribution < 1.29 is 27.4 Å². The maximum atomic E-state index is 12.9. The van der Waals surface area contributed by atoms with Gasteiger partial charge in [0.1, 0.15) is 22.1 Å². The summed E-state index contributed by atoms with van der Waals surface area (Å²) in [4.78, 5) is 12.3. The van der Waals surface area contributed by atoms with Gasteiger partial charge in [0.05, 0.1) is 33.9 Å². The predicted molar refractivity (Wildman–Crippen MR) is 109 cm³/mol. The Morgan fingerprint density at radius 2 is 1.59 bits per heavy atom. The number of nitrogens with one attached hydrogen (secondary N) is 1. The largest absolute Gasteiger partial charge is 0.497 e. The summed E-state index contributed by atoms with van der Waals surface area (Å²) in [7, 11) is 1.77. The van der Waals surface area contributed by atoms with Crippen LogP contribution in [0.25, 0.3) is 0 Å². The number of likely N-dealkylation sites (N-methyl/N-ethyl adjacent to an activating group) is 1. The Morgan fingerprint density at radius 3 is 2.14 bits per heavy atom. The molecule has 0 spiro atoms. The van der Waals surface area contributed by atoms with Crippen LogP contribution in [-0.2, 0) is 14.8 Å². The summed E-state index contributed by atoms with van der Waals surface area (Å²) in [5, 5.41) is 2.80. The molecule has 158 valence electrons. The minimum absolute atomic E-state index is 0.0714. The number of methoxy groups -OCH3 is 3. The summed E-state index contributed by atoms with van der Waals surface area (Å²) in [6, 6.07) is 11.4. The minimum atomic E-state index is -3.97. The molecule has 2 aromatic carbocycles. The minimum Gasteiger partial charge on any atom is -0.497 e. The lowest BCUT2D eigenvalue weighted by Crippen LogP contribution is -2.39. The van der Waals surface area contributed by atoms with Crippen molar-refractivity contribution in [1.82, 2.24) is 9.62 Å². The molecular formula is C20H26N2O6S. The number of hydrogen-bond donors (Lipinski definition) is 1. The zero-order valence-corrected chi connectivity index (χ0v) is 17.9. The highest BCUT2D eigenvalue weighted by atomic mass is 32.2. The number of ether oxygens (including phenoxy) is 3. The van der Waals surface area contributed by atoms with E-state index in [1.807, 2.05) is 19.1 Å². The zero-order chi connectivity index (χ0) is 21.6. The lowest BCUT2D eigenvalue weighted by atomic mass is 10.1. The number of carbonyl (C=O) groups excluding carboxylic acids is 1. The first-order chi connectivity index (χ1) is 13.7. The van der Waals surface area contributed by atoms with E-state index in [0.29, 0.717) is 11.5 Å². The van der Waals surface area contributed by atoms with Crippen molar-refractivity contribution >= 4 is 15.9 Å². The first-order valence-corrected chi connectivity index (χ1v) is 10.3. The highest BCUT2D eigenvalue weighted by Gasteiger charge is 2.27. The van der Waals surface area contributed by atoms with Crippen molar-refractivity contribution in [3.05, 3.63) is 48.0 Å². The fourth-order valence-corrected chi connectivity index (χ4v) is 4.00. The van der Waals surface area contributed by atoms with Crippen LogP contribution in [0.15, 0.2) is 47.4 Å². The third-order valence-corrected chi connectivity index (χ3v) is 6.24. The van der Waals surface area contributed by atoms with Gasteiger partial charge in [-0.3, -0.25) is 4.79 Å². The molecule has 9 heteroatoms. The lowest BCUT2D eigenvalue weighted by molar-refractivity contribution is -0.121. The summed E-state index contributed by atoms with van der Waals surface area (Å²) in [6.45, 7) is 1.47. The monoisotopic (exact) mass is 422 g/mol. The van der Waals surface area contributed by atoms with Crippen molar-refractivity contribution in [2.24, 2.45) is 0 Å².